The van der Waals surface area contributed by atoms with Crippen LogP contribution in [0.5, 0.6) is 5.75 Å². The molecule has 0 N–H and O–H groups in total. The van der Waals surface area contributed by atoms with Gasteiger partial charge in [0, 0.05) is 13.3 Å². The third kappa shape index (κ3) is 3.48. The molecule has 4 nitrogen and oxygen atoms in total. The first-order valence-corrected chi connectivity index (χ1v) is 8.34. The maximum Gasteiger partial charge on any atom is 0.240 e. The van der Waals surface area contributed by atoms with Crippen LogP contribution in [0.3, 0.4) is 0 Å². The van der Waals surface area contributed by atoms with Gasteiger partial charge in [0.15, 0.2) is 0 Å². The molecule has 1 atom stereocenters. The summed E-state index contributed by atoms with van der Waals surface area (Å²) >= 11 is 0. The van der Waals surface area contributed by atoms with E-state index in [1.54, 1.807) is 11.9 Å². The van der Waals surface area contributed by atoms with E-state index in [0.29, 0.717) is 6.61 Å². The lowest BCUT2D eigenvalue weighted by atomic mass is 9.98. The highest BCUT2D eigenvalue weighted by Crippen LogP contribution is 2.32. The molecule has 0 saturated heterocycles. The largest absolute Gasteiger partial charge is 0.494 e. The van der Waals surface area contributed by atoms with Crippen LogP contribution in [0.25, 0.3) is 0 Å². The van der Waals surface area contributed by atoms with Crippen molar-refractivity contribution in [2.45, 2.75) is 32.7 Å². The molecule has 124 valence electrons. The van der Waals surface area contributed by atoms with Gasteiger partial charge in [0.25, 0.3) is 0 Å². The second-order valence-corrected chi connectivity index (χ2v) is 5.91. The minimum Gasteiger partial charge on any atom is -0.494 e. The van der Waals surface area contributed by atoms with Crippen LogP contribution < -0.4 is 4.74 Å². The Morgan fingerprint density at radius 1 is 1.17 bits per heavy atom. The molecule has 0 aliphatic carbocycles. The van der Waals surface area contributed by atoms with E-state index in [0.717, 1.165) is 35.4 Å². The summed E-state index contributed by atoms with van der Waals surface area (Å²) in [7, 11) is 0. The van der Waals surface area contributed by atoms with Crippen molar-refractivity contribution in [1.29, 1.82) is 0 Å². The number of rotatable bonds is 5. The van der Waals surface area contributed by atoms with E-state index in [4.69, 9.17) is 4.74 Å². The summed E-state index contributed by atoms with van der Waals surface area (Å²) in [6, 6.07) is 18.0. The van der Waals surface area contributed by atoms with Crippen molar-refractivity contribution in [3.8, 4) is 5.75 Å². The zero-order valence-electron chi connectivity index (χ0n) is 14.1. The maximum atomic E-state index is 12.0. The van der Waals surface area contributed by atoms with Crippen molar-refractivity contribution in [3.63, 3.8) is 0 Å². The molecular formula is C20H22N2O2. The molecule has 1 amide bonds. The summed E-state index contributed by atoms with van der Waals surface area (Å²) in [4.78, 5) is 12.0. The van der Waals surface area contributed by atoms with Crippen LogP contribution in [-0.4, -0.2) is 23.2 Å². The van der Waals surface area contributed by atoms with Crippen molar-refractivity contribution in [2.24, 2.45) is 5.10 Å². The van der Waals surface area contributed by atoms with E-state index >= 15 is 0 Å². The van der Waals surface area contributed by atoms with Gasteiger partial charge in [-0.3, -0.25) is 4.79 Å². The third-order valence-electron chi connectivity index (χ3n) is 4.08. The fourth-order valence-corrected chi connectivity index (χ4v) is 2.87. The van der Waals surface area contributed by atoms with Crippen molar-refractivity contribution < 1.29 is 9.53 Å². The first-order valence-electron chi connectivity index (χ1n) is 8.34. The average molecular weight is 322 g/mol. The van der Waals surface area contributed by atoms with Crippen LogP contribution >= 0.6 is 0 Å². The Balaban J connectivity index is 1.81. The molecule has 24 heavy (non-hydrogen) atoms. The summed E-state index contributed by atoms with van der Waals surface area (Å²) in [6.45, 7) is 4.36. The van der Waals surface area contributed by atoms with Crippen molar-refractivity contribution in [3.05, 3.63) is 65.7 Å². The van der Waals surface area contributed by atoms with Crippen molar-refractivity contribution in [1.82, 2.24) is 5.01 Å². The summed E-state index contributed by atoms with van der Waals surface area (Å²) in [6.07, 6.45) is 1.71. The van der Waals surface area contributed by atoms with Gasteiger partial charge in [0.1, 0.15) is 5.75 Å². The van der Waals surface area contributed by atoms with E-state index < -0.39 is 0 Å². The Morgan fingerprint density at radius 2 is 1.88 bits per heavy atom. The molecule has 0 spiro atoms. The molecule has 0 saturated carbocycles. The molecule has 0 aromatic heterocycles. The number of benzene rings is 2. The van der Waals surface area contributed by atoms with Gasteiger partial charge in [-0.05, 0) is 41.8 Å². The number of hydrogen-bond acceptors (Lipinski definition) is 3. The van der Waals surface area contributed by atoms with Crippen LogP contribution in [0.2, 0.25) is 0 Å². The molecule has 3 rings (SSSR count). The van der Waals surface area contributed by atoms with Gasteiger partial charge in [-0.25, -0.2) is 5.01 Å². The van der Waals surface area contributed by atoms with Crippen LogP contribution in [-0.2, 0) is 4.79 Å². The molecule has 0 unspecified atom stereocenters. The van der Waals surface area contributed by atoms with E-state index in [-0.39, 0.29) is 11.9 Å². The SMILES string of the molecule is CCCOc1ccc(C2=NN(C(C)=O)[C@@H](c3ccccc3)C2)cc1. The summed E-state index contributed by atoms with van der Waals surface area (Å²) < 4.78 is 5.62. The Kier molecular flexibility index (Phi) is 4.94. The normalized spacial score (nSPS) is 16.8. The number of carbonyl (C=O) groups excluding carboxylic acids is 1. The lowest BCUT2D eigenvalue weighted by Gasteiger charge is -2.20. The first kappa shape index (κ1) is 16.2. The van der Waals surface area contributed by atoms with Gasteiger partial charge in [0.05, 0.1) is 18.4 Å². The van der Waals surface area contributed by atoms with E-state index in [1.165, 1.54) is 0 Å². The maximum absolute atomic E-state index is 12.0. The van der Waals surface area contributed by atoms with Crippen molar-refractivity contribution in [2.75, 3.05) is 6.61 Å². The lowest BCUT2D eigenvalue weighted by Crippen LogP contribution is -2.24. The highest BCUT2D eigenvalue weighted by atomic mass is 16.5. The summed E-state index contributed by atoms with van der Waals surface area (Å²) in [5.74, 6) is 0.823. The molecule has 1 aliphatic rings. The Bertz CT molecular complexity index is 723. The van der Waals surface area contributed by atoms with E-state index in [2.05, 4.69) is 12.0 Å². The number of hydrazone groups is 1. The molecule has 0 fully saturated rings. The summed E-state index contributed by atoms with van der Waals surface area (Å²) in [5.41, 5.74) is 3.07. The topological polar surface area (TPSA) is 41.9 Å². The Labute approximate surface area is 142 Å². The quantitative estimate of drug-likeness (QED) is 0.829. The standard InChI is InChI=1S/C20H22N2O2/c1-3-13-24-18-11-9-16(10-12-18)19-14-20(22(21-19)15(2)23)17-7-5-4-6-8-17/h4-12,20H,3,13-14H2,1-2H3/t20-/m1/s1. The zero-order chi connectivity index (χ0) is 16.9. The molecule has 1 heterocycles. The molecule has 4 heteroatoms. The fraction of sp³-hybridized carbons (Fsp3) is 0.300. The van der Waals surface area contributed by atoms with Gasteiger partial charge in [0.2, 0.25) is 5.91 Å². The molecule has 1 aliphatic heterocycles. The van der Waals surface area contributed by atoms with E-state index in [1.807, 2.05) is 54.6 Å². The minimum absolute atomic E-state index is 0.0327. The average Bonchev–Trinajstić information content (AvgIpc) is 3.07. The predicted octanol–water partition coefficient (Wildman–Crippen LogP) is 4.17. The molecular weight excluding hydrogens is 300 g/mol. The monoisotopic (exact) mass is 322 g/mol. The molecule has 2 aromatic rings. The summed E-state index contributed by atoms with van der Waals surface area (Å²) in [5, 5.41) is 6.16. The molecule has 2 aromatic carbocycles. The predicted molar refractivity (Wildman–Crippen MR) is 95.1 cm³/mol. The number of amides is 1. The second-order valence-electron chi connectivity index (χ2n) is 5.91. The fourth-order valence-electron chi connectivity index (χ4n) is 2.87. The van der Waals surface area contributed by atoms with Crippen LogP contribution in [0, 0.1) is 0 Å². The smallest absolute Gasteiger partial charge is 0.240 e. The Morgan fingerprint density at radius 3 is 2.50 bits per heavy atom. The van der Waals surface area contributed by atoms with Gasteiger partial charge >= 0.3 is 0 Å². The van der Waals surface area contributed by atoms with Crippen LogP contribution in [0.4, 0.5) is 0 Å². The van der Waals surface area contributed by atoms with Crippen LogP contribution in [0.1, 0.15) is 43.9 Å². The highest BCUT2D eigenvalue weighted by molar-refractivity contribution is 6.03. The van der Waals surface area contributed by atoms with Gasteiger partial charge in [-0.15, -0.1) is 0 Å². The zero-order valence-corrected chi connectivity index (χ0v) is 14.1. The second kappa shape index (κ2) is 7.30. The van der Waals surface area contributed by atoms with Gasteiger partial charge < -0.3 is 4.74 Å². The molecule has 0 radical (unpaired) electrons. The third-order valence-corrected chi connectivity index (χ3v) is 4.08. The van der Waals surface area contributed by atoms with Gasteiger partial charge in [-0.1, -0.05) is 37.3 Å². The highest BCUT2D eigenvalue weighted by Gasteiger charge is 2.31. The van der Waals surface area contributed by atoms with Crippen molar-refractivity contribution >= 4 is 11.6 Å². The lowest BCUT2D eigenvalue weighted by molar-refractivity contribution is -0.130. The number of ether oxygens (including phenoxy) is 1. The minimum atomic E-state index is -0.0400. The van der Waals surface area contributed by atoms with Gasteiger partial charge in [-0.2, -0.15) is 5.10 Å². The van der Waals surface area contributed by atoms with E-state index in [9.17, 15) is 4.79 Å². The number of hydrogen-bond donors (Lipinski definition) is 0. The first-order chi connectivity index (χ1) is 11.7. The van der Waals surface area contributed by atoms with Crippen LogP contribution in [0.15, 0.2) is 59.7 Å². The Hall–Kier alpha value is -2.62. The molecule has 0 bridgehead atoms. The number of carbonyl (C=O) groups is 1. The number of nitrogens with zero attached hydrogens (tertiary/aromatic N) is 2.